The van der Waals surface area contributed by atoms with Crippen molar-refractivity contribution in [3.63, 3.8) is 0 Å². The van der Waals surface area contributed by atoms with E-state index in [2.05, 4.69) is 5.43 Å². The summed E-state index contributed by atoms with van der Waals surface area (Å²) >= 11 is 11.8. The van der Waals surface area contributed by atoms with E-state index in [9.17, 15) is 14.9 Å². The Bertz CT molecular complexity index is 615. The van der Waals surface area contributed by atoms with Gasteiger partial charge in [-0.25, -0.2) is 9.80 Å². The first kappa shape index (κ1) is 15.8. The molecule has 1 atom stereocenters. The minimum absolute atomic E-state index is 0.101. The Hall–Kier alpha value is -1.57. The lowest BCUT2D eigenvalue weighted by Crippen LogP contribution is -2.43. The van der Waals surface area contributed by atoms with Gasteiger partial charge < -0.3 is 4.74 Å². The number of ether oxygens (including phenoxy) is 1. The Morgan fingerprint density at radius 2 is 1.95 bits per heavy atom. The molecule has 0 aliphatic carbocycles. The highest BCUT2D eigenvalue weighted by Gasteiger charge is 2.40. The predicted molar refractivity (Wildman–Crippen MR) is 78.5 cm³/mol. The van der Waals surface area contributed by atoms with E-state index in [0.717, 1.165) is 11.1 Å². The van der Waals surface area contributed by atoms with Gasteiger partial charge >= 0.3 is 6.09 Å². The number of hydrogen-bond acceptors (Lipinski definition) is 5. The maximum Gasteiger partial charge on any atom is 0.430 e. The molecule has 1 amide bonds. The molecule has 7 nitrogen and oxygen atoms in total. The molecular formula is C12H13Cl2N3O4. The number of nitro groups is 1. The van der Waals surface area contributed by atoms with Gasteiger partial charge in [0.2, 0.25) is 0 Å². The maximum absolute atomic E-state index is 11.9. The number of nitrogens with zero attached hydrogens (tertiary/aromatic N) is 2. The molecule has 0 spiro atoms. The first-order valence-corrected chi connectivity index (χ1v) is 6.77. The number of anilines is 1. The summed E-state index contributed by atoms with van der Waals surface area (Å²) in [5, 5.41) is 12.0. The number of benzene rings is 1. The molecule has 0 radical (unpaired) electrons. The number of halogens is 2. The van der Waals surface area contributed by atoms with Crippen LogP contribution >= 0.6 is 23.2 Å². The fourth-order valence-electron chi connectivity index (χ4n) is 1.73. The topological polar surface area (TPSA) is 84.7 Å². The van der Waals surface area contributed by atoms with Crippen molar-refractivity contribution in [2.75, 3.05) is 5.01 Å². The number of nitro benzene ring substituents is 1. The van der Waals surface area contributed by atoms with Gasteiger partial charge in [-0.05, 0) is 6.07 Å². The average Bonchev–Trinajstić information content (AvgIpc) is 2.70. The zero-order chi connectivity index (χ0) is 15.9. The van der Waals surface area contributed by atoms with Crippen molar-refractivity contribution in [1.82, 2.24) is 5.43 Å². The van der Waals surface area contributed by atoms with Crippen molar-refractivity contribution >= 4 is 40.7 Å². The SMILES string of the molecule is CC(C)(C)C1NN(c2cc([N+](=O)[O-])c(Cl)cc2Cl)C(=O)O1. The third-order valence-corrected chi connectivity index (χ3v) is 3.49. The summed E-state index contributed by atoms with van der Waals surface area (Å²) in [6, 6.07) is 2.35. The van der Waals surface area contributed by atoms with E-state index in [1.165, 1.54) is 6.07 Å². The van der Waals surface area contributed by atoms with Crippen molar-refractivity contribution in [3.8, 4) is 0 Å². The second-order valence-corrected chi connectivity index (χ2v) is 6.42. The summed E-state index contributed by atoms with van der Waals surface area (Å²) in [6.07, 6.45) is -1.26. The van der Waals surface area contributed by atoms with E-state index < -0.39 is 17.2 Å². The molecule has 1 aromatic carbocycles. The highest BCUT2D eigenvalue weighted by Crippen LogP contribution is 2.37. The fourth-order valence-corrected chi connectivity index (χ4v) is 2.26. The molecule has 1 aliphatic rings. The molecule has 1 heterocycles. The number of nitrogens with one attached hydrogen (secondary N) is 1. The summed E-state index contributed by atoms with van der Waals surface area (Å²) in [5.74, 6) is 0. The summed E-state index contributed by atoms with van der Waals surface area (Å²) in [5.41, 5.74) is 2.26. The van der Waals surface area contributed by atoms with Gasteiger partial charge in [-0.15, -0.1) is 0 Å². The van der Waals surface area contributed by atoms with Crippen molar-refractivity contribution < 1.29 is 14.5 Å². The lowest BCUT2D eigenvalue weighted by atomic mass is 9.95. The summed E-state index contributed by atoms with van der Waals surface area (Å²) < 4.78 is 5.19. The molecule has 0 aromatic heterocycles. The minimum Gasteiger partial charge on any atom is -0.427 e. The van der Waals surface area contributed by atoms with E-state index >= 15 is 0 Å². The van der Waals surface area contributed by atoms with Crippen LogP contribution in [-0.2, 0) is 4.74 Å². The lowest BCUT2D eigenvalue weighted by molar-refractivity contribution is -0.384. The summed E-state index contributed by atoms with van der Waals surface area (Å²) in [4.78, 5) is 22.2. The maximum atomic E-state index is 11.9. The van der Waals surface area contributed by atoms with E-state index in [4.69, 9.17) is 27.9 Å². The summed E-state index contributed by atoms with van der Waals surface area (Å²) in [6.45, 7) is 5.65. The van der Waals surface area contributed by atoms with Gasteiger partial charge in [0, 0.05) is 11.5 Å². The van der Waals surface area contributed by atoms with Crippen LogP contribution in [0.5, 0.6) is 0 Å². The monoisotopic (exact) mass is 333 g/mol. The predicted octanol–water partition coefficient (Wildman–Crippen LogP) is 3.74. The molecule has 0 bridgehead atoms. The third-order valence-electron chi connectivity index (χ3n) is 2.89. The molecule has 1 fully saturated rings. The number of carbonyl (C=O) groups excluding carboxylic acids is 1. The van der Waals surface area contributed by atoms with Crippen LogP contribution in [0, 0.1) is 15.5 Å². The van der Waals surface area contributed by atoms with Crippen molar-refractivity contribution in [1.29, 1.82) is 0 Å². The van der Waals surface area contributed by atoms with Crippen LogP contribution in [0.1, 0.15) is 20.8 Å². The Balaban J connectivity index is 2.41. The van der Waals surface area contributed by atoms with E-state index in [0.29, 0.717) is 0 Å². The van der Waals surface area contributed by atoms with E-state index in [1.54, 1.807) is 0 Å². The molecule has 0 saturated carbocycles. The van der Waals surface area contributed by atoms with Crippen LogP contribution in [0.2, 0.25) is 10.0 Å². The van der Waals surface area contributed by atoms with Crippen LogP contribution in [0.25, 0.3) is 0 Å². The molecular weight excluding hydrogens is 321 g/mol. The first-order chi connectivity index (χ1) is 9.61. The molecule has 1 N–H and O–H groups in total. The normalized spacial score (nSPS) is 18.8. The highest BCUT2D eigenvalue weighted by atomic mass is 35.5. The number of hydrazine groups is 1. The van der Waals surface area contributed by atoms with Crippen LogP contribution < -0.4 is 10.4 Å². The number of rotatable bonds is 2. The first-order valence-electron chi connectivity index (χ1n) is 6.01. The fraction of sp³-hybridized carbons (Fsp3) is 0.417. The van der Waals surface area contributed by atoms with Crippen molar-refractivity contribution in [2.45, 2.75) is 27.0 Å². The van der Waals surface area contributed by atoms with E-state index in [1.807, 2.05) is 20.8 Å². The van der Waals surface area contributed by atoms with Gasteiger partial charge in [0.1, 0.15) is 5.02 Å². The Morgan fingerprint density at radius 3 is 2.43 bits per heavy atom. The largest absolute Gasteiger partial charge is 0.430 e. The molecule has 9 heteroatoms. The van der Waals surface area contributed by atoms with Crippen LogP contribution in [0.15, 0.2) is 12.1 Å². The van der Waals surface area contributed by atoms with Gasteiger partial charge in [0.05, 0.1) is 15.6 Å². The molecule has 21 heavy (non-hydrogen) atoms. The zero-order valence-corrected chi connectivity index (χ0v) is 13.0. The van der Waals surface area contributed by atoms with Gasteiger partial charge in [-0.1, -0.05) is 44.0 Å². The van der Waals surface area contributed by atoms with Gasteiger partial charge in [0.15, 0.2) is 6.23 Å². The third kappa shape index (κ3) is 3.04. The van der Waals surface area contributed by atoms with Crippen LogP contribution in [-0.4, -0.2) is 17.2 Å². The highest BCUT2D eigenvalue weighted by molar-refractivity contribution is 6.37. The number of cyclic esters (lactones) is 1. The molecule has 1 aromatic rings. The van der Waals surface area contributed by atoms with E-state index in [-0.39, 0.29) is 26.8 Å². The quantitative estimate of drug-likeness (QED) is 0.658. The summed E-state index contributed by atoms with van der Waals surface area (Å²) in [7, 11) is 0. The second kappa shape index (κ2) is 5.32. The Kier molecular flexibility index (Phi) is 4.01. The molecule has 1 saturated heterocycles. The second-order valence-electron chi connectivity index (χ2n) is 5.61. The van der Waals surface area contributed by atoms with Gasteiger partial charge in [0.25, 0.3) is 5.69 Å². The molecule has 2 rings (SSSR count). The number of carbonyl (C=O) groups is 1. The standard InChI is InChI=1S/C12H13Cl2N3O4/c1-12(2,3)10-15-16(11(18)21-10)8-5-9(17(19)20)7(14)4-6(8)13/h4-5,10,15H,1-3H3. The van der Waals surface area contributed by atoms with Crippen molar-refractivity contribution in [2.24, 2.45) is 5.41 Å². The lowest BCUT2D eigenvalue weighted by Gasteiger charge is -2.25. The average molecular weight is 334 g/mol. The van der Waals surface area contributed by atoms with Crippen molar-refractivity contribution in [3.05, 3.63) is 32.3 Å². The molecule has 114 valence electrons. The van der Waals surface area contributed by atoms with Gasteiger partial charge in [-0.3, -0.25) is 10.1 Å². The Labute approximate surface area is 130 Å². The number of hydrogen-bond donors (Lipinski definition) is 1. The van der Waals surface area contributed by atoms with Gasteiger partial charge in [-0.2, -0.15) is 5.43 Å². The number of amides is 1. The molecule has 1 unspecified atom stereocenters. The molecule has 1 aliphatic heterocycles. The minimum atomic E-state index is -0.687. The smallest absolute Gasteiger partial charge is 0.427 e. The van der Waals surface area contributed by atoms with Crippen LogP contribution in [0.4, 0.5) is 16.2 Å². The zero-order valence-electron chi connectivity index (χ0n) is 11.5. The Morgan fingerprint density at radius 1 is 1.33 bits per heavy atom. The van der Waals surface area contributed by atoms with Crippen LogP contribution in [0.3, 0.4) is 0 Å².